The summed E-state index contributed by atoms with van der Waals surface area (Å²) in [4.78, 5) is 9.04. The van der Waals surface area contributed by atoms with Gasteiger partial charge in [0.15, 0.2) is 0 Å². The average Bonchev–Trinajstić information content (AvgIpc) is 2.34. The van der Waals surface area contributed by atoms with E-state index in [4.69, 9.17) is 0 Å². The van der Waals surface area contributed by atoms with E-state index in [1.165, 1.54) is 12.8 Å². The van der Waals surface area contributed by atoms with E-state index in [1.54, 1.807) is 0 Å². The first-order valence-corrected chi connectivity index (χ1v) is 7.09. The molecule has 0 aromatic carbocycles. The van der Waals surface area contributed by atoms with Crippen molar-refractivity contribution in [3.63, 3.8) is 0 Å². The van der Waals surface area contributed by atoms with Gasteiger partial charge < -0.3 is 10.6 Å². The van der Waals surface area contributed by atoms with E-state index >= 15 is 0 Å². The molecule has 100 valence electrons. The van der Waals surface area contributed by atoms with Crippen molar-refractivity contribution in [3.05, 3.63) is 11.9 Å². The van der Waals surface area contributed by atoms with E-state index in [1.807, 2.05) is 6.07 Å². The van der Waals surface area contributed by atoms with Crippen LogP contribution in [0.25, 0.3) is 0 Å². The minimum Gasteiger partial charge on any atom is -0.370 e. The van der Waals surface area contributed by atoms with Gasteiger partial charge in [0.05, 0.1) is 0 Å². The van der Waals surface area contributed by atoms with Crippen LogP contribution in [-0.2, 0) is 6.42 Å². The molecule has 1 aromatic heterocycles. The van der Waals surface area contributed by atoms with Crippen LogP contribution in [0.15, 0.2) is 6.07 Å². The summed E-state index contributed by atoms with van der Waals surface area (Å²) in [5.74, 6) is 3.68. The SMILES string of the molecule is CCCNc1cc(NC2CC(C)C2)nc(CC)n1. The van der Waals surface area contributed by atoms with Gasteiger partial charge in [-0.15, -0.1) is 0 Å². The summed E-state index contributed by atoms with van der Waals surface area (Å²) in [7, 11) is 0. The fourth-order valence-corrected chi connectivity index (χ4v) is 2.30. The molecule has 0 atom stereocenters. The monoisotopic (exact) mass is 248 g/mol. The number of hydrogen-bond acceptors (Lipinski definition) is 4. The topological polar surface area (TPSA) is 49.8 Å². The van der Waals surface area contributed by atoms with E-state index in [-0.39, 0.29) is 0 Å². The highest BCUT2D eigenvalue weighted by atomic mass is 15.1. The zero-order chi connectivity index (χ0) is 13.0. The quantitative estimate of drug-likeness (QED) is 0.812. The number of hydrogen-bond donors (Lipinski definition) is 2. The molecular formula is C14H24N4. The normalized spacial score (nSPS) is 22.4. The first kappa shape index (κ1) is 13.1. The summed E-state index contributed by atoms with van der Waals surface area (Å²) >= 11 is 0. The molecule has 18 heavy (non-hydrogen) atoms. The van der Waals surface area contributed by atoms with Crippen molar-refractivity contribution < 1.29 is 0 Å². The Morgan fingerprint density at radius 1 is 1.22 bits per heavy atom. The lowest BCUT2D eigenvalue weighted by molar-refractivity contribution is 0.308. The van der Waals surface area contributed by atoms with Crippen molar-refractivity contribution in [2.24, 2.45) is 5.92 Å². The van der Waals surface area contributed by atoms with Crippen LogP contribution in [0.2, 0.25) is 0 Å². The molecule has 1 aromatic rings. The lowest BCUT2D eigenvalue weighted by atomic mass is 9.82. The van der Waals surface area contributed by atoms with Crippen molar-refractivity contribution in [1.82, 2.24) is 9.97 Å². The van der Waals surface area contributed by atoms with Crippen LogP contribution in [0.4, 0.5) is 11.6 Å². The predicted molar refractivity (Wildman–Crippen MR) is 76.0 cm³/mol. The molecule has 4 heteroatoms. The molecule has 1 saturated carbocycles. The molecule has 0 amide bonds. The van der Waals surface area contributed by atoms with Crippen LogP contribution in [0.3, 0.4) is 0 Å². The molecule has 2 N–H and O–H groups in total. The van der Waals surface area contributed by atoms with Crippen molar-refractivity contribution >= 4 is 11.6 Å². The number of aryl methyl sites for hydroxylation is 1. The smallest absolute Gasteiger partial charge is 0.132 e. The lowest BCUT2D eigenvalue weighted by Crippen LogP contribution is -2.34. The zero-order valence-corrected chi connectivity index (χ0v) is 11.7. The number of aromatic nitrogens is 2. The standard InChI is InChI=1S/C14H24N4/c1-4-6-15-13-9-14(18-12(5-2)17-13)16-11-7-10(3)8-11/h9-11H,4-8H2,1-3H3,(H2,15,16,17,18). The maximum atomic E-state index is 4.54. The van der Waals surface area contributed by atoms with Gasteiger partial charge in [0.2, 0.25) is 0 Å². The van der Waals surface area contributed by atoms with E-state index < -0.39 is 0 Å². The third-order valence-corrected chi connectivity index (χ3v) is 3.37. The van der Waals surface area contributed by atoms with Gasteiger partial charge in [-0.05, 0) is 25.2 Å². The Morgan fingerprint density at radius 2 is 1.94 bits per heavy atom. The van der Waals surface area contributed by atoms with Crippen LogP contribution in [0.1, 0.15) is 45.9 Å². The summed E-state index contributed by atoms with van der Waals surface area (Å²) in [5, 5.41) is 6.85. The van der Waals surface area contributed by atoms with Gasteiger partial charge in [-0.25, -0.2) is 9.97 Å². The maximum absolute atomic E-state index is 4.54. The Kier molecular flexibility index (Phi) is 4.39. The van der Waals surface area contributed by atoms with Crippen LogP contribution < -0.4 is 10.6 Å². The Balaban J connectivity index is 2.03. The summed E-state index contributed by atoms with van der Waals surface area (Å²) in [6, 6.07) is 2.62. The summed E-state index contributed by atoms with van der Waals surface area (Å²) in [6.45, 7) is 7.50. The Hall–Kier alpha value is -1.32. The molecule has 0 saturated heterocycles. The molecule has 1 aliphatic rings. The highest BCUT2D eigenvalue weighted by Crippen LogP contribution is 2.29. The molecule has 1 aliphatic carbocycles. The predicted octanol–water partition coefficient (Wildman–Crippen LogP) is 3.07. The van der Waals surface area contributed by atoms with E-state index in [0.29, 0.717) is 6.04 Å². The van der Waals surface area contributed by atoms with Crippen molar-refractivity contribution in [2.45, 2.75) is 52.5 Å². The Morgan fingerprint density at radius 3 is 2.56 bits per heavy atom. The molecule has 2 rings (SSSR count). The summed E-state index contributed by atoms with van der Waals surface area (Å²) in [5.41, 5.74) is 0. The van der Waals surface area contributed by atoms with Crippen LogP contribution in [-0.4, -0.2) is 22.6 Å². The van der Waals surface area contributed by atoms with E-state index in [9.17, 15) is 0 Å². The summed E-state index contributed by atoms with van der Waals surface area (Å²) in [6.07, 6.45) is 4.48. The molecule has 0 unspecified atom stereocenters. The van der Waals surface area contributed by atoms with Crippen LogP contribution >= 0.6 is 0 Å². The average molecular weight is 248 g/mol. The minimum atomic E-state index is 0.596. The molecule has 1 fully saturated rings. The van der Waals surface area contributed by atoms with Gasteiger partial charge in [-0.1, -0.05) is 20.8 Å². The van der Waals surface area contributed by atoms with Crippen LogP contribution in [0.5, 0.6) is 0 Å². The molecular weight excluding hydrogens is 224 g/mol. The van der Waals surface area contributed by atoms with Crippen molar-refractivity contribution in [2.75, 3.05) is 17.2 Å². The van der Waals surface area contributed by atoms with Gasteiger partial charge in [-0.3, -0.25) is 0 Å². The number of rotatable bonds is 6. The van der Waals surface area contributed by atoms with E-state index in [2.05, 4.69) is 41.4 Å². The highest BCUT2D eigenvalue weighted by Gasteiger charge is 2.25. The fraction of sp³-hybridized carbons (Fsp3) is 0.714. The second-order valence-corrected chi connectivity index (χ2v) is 5.25. The van der Waals surface area contributed by atoms with Gasteiger partial charge >= 0.3 is 0 Å². The van der Waals surface area contributed by atoms with Gasteiger partial charge in [-0.2, -0.15) is 0 Å². The largest absolute Gasteiger partial charge is 0.370 e. The molecule has 4 nitrogen and oxygen atoms in total. The summed E-state index contributed by atoms with van der Waals surface area (Å²) < 4.78 is 0. The number of anilines is 2. The molecule has 1 heterocycles. The lowest BCUT2D eigenvalue weighted by Gasteiger charge is -2.33. The maximum Gasteiger partial charge on any atom is 0.132 e. The number of nitrogens with zero attached hydrogens (tertiary/aromatic N) is 2. The third kappa shape index (κ3) is 3.34. The second-order valence-electron chi connectivity index (χ2n) is 5.25. The van der Waals surface area contributed by atoms with Gasteiger partial charge in [0.1, 0.15) is 17.5 Å². The Labute approximate surface area is 110 Å². The van der Waals surface area contributed by atoms with Gasteiger partial charge in [0, 0.05) is 25.1 Å². The van der Waals surface area contributed by atoms with Gasteiger partial charge in [0.25, 0.3) is 0 Å². The molecule has 0 aliphatic heterocycles. The zero-order valence-electron chi connectivity index (χ0n) is 11.7. The molecule has 0 radical (unpaired) electrons. The third-order valence-electron chi connectivity index (χ3n) is 3.37. The van der Waals surface area contributed by atoms with Crippen LogP contribution in [0, 0.1) is 5.92 Å². The molecule has 0 bridgehead atoms. The van der Waals surface area contributed by atoms with Crippen molar-refractivity contribution in [3.8, 4) is 0 Å². The second kappa shape index (κ2) is 6.03. The first-order valence-electron chi connectivity index (χ1n) is 7.09. The number of nitrogens with one attached hydrogen (secondary N) is 2. The fourth-order valence-electron chi connectivity index (χ4n) is 2.30. The van der Waals surface area contributed by atoms with E-state index in [0.717, 1.165) is 42.8 Å². The molecule has 0 spiro atoms. The van der Waals surface area contributed by atoms with Crippen molar-refractivity contribution in [1.29, 1.82) is 0 Å². The first-order chi connectivity index (χ1) is 8.71. The highest BCUT2D eigenvalue weighted by molar-refractivity contribution is 5.48. The Bertz CT molecular complexity index is 385. The minimum absolute atomic E-state index is 0.596.